The third kappa shape index (κ3) is 3.22. The molecule has 1 heteroatoms. The van der Waals surface area contributed by atoms with Crippen molar-refractivity contribution in [2.75, 3.05) is 0 Å². The van der Waals surface area contributed by atoms with Gasteiger partial charge in [0.2, 0.25) is 0 Å². The number of aliphatic hydroxyl groups is 1. The molecule has 1 unspecified atom stereocenters. The zero-order valence-electron chi connectivity index (χ0n) is 12.2. The highest BCUT2D eigenvalue weighted by Gasteiger charge is 2.34. The van der Waals surface area contributed by atoms with E-state index in [0.717, 1.165) is 6.42 Å². The van der Waals surface area contributed by atoms with Crippen molar-refractivity contribution in [3.05, 3.63) is 23.3 Å². The molecule has 0 radical (unpaired) electrons. The Morgan fingerprint density at radius 3 is 2.41 bits per heavy atom. The molecule has 1 aliphatic rings. The highest BCUT2D eigenvalue weighted by atomic mass is 16.3. The fourth-order valence-corrected chi connectivity index (χ4v) is 2.76. The van der Waals surface area contributed by atoms with E-state index in [9.17, 15) is 5.11 Å². The second-order valence-electron chi connectivity index (χ2n) is 6.31. The van der Waals surface area contributed by atoms with E-state index < -0.39 is 0 Å². The van der Waals surface area contributed by atoms with Crippen LogP contribution in [0.3, 0.4) is 0 Å². The molecule has 98 valence electrons. The Kier molecular flexibility index (Phi) is 4.60. The largest absolute Gasteiger partial charge is 0.389 e. The maximum absolute atomic E-state index is 9.76. The van der Waals surface area contributed by atoms with Crippen molar-refractivity contribution >= 4 is 0 Å². The van der Waals surface area contributed by atoms with Crippen LogP contribution < -0.4 is 0 Å². The quantitative estimate of drug-likeness (QED) is 0.720. The van der Waals surface area contributed by atoms with E-state index in [0.29, 0.717) is 17.3 Å². The first kappa shape index (κ1) is 14.5. The summed E-state index contributed by atoms with van der Waals surface area (Å²) >= 11 is 0. The van der Waals surface area contributed by atoms with E-state index in [-0.39, 0.29) is 6.10 Å². The molecule has 0 spiro atoms. The van der Waals surface area contributed by atoms with E-state index in [1.807, 2.05) is 6.92 Å². The second-order valence-corrected chi connectivity index (χ2v) is 6.31. The number of hydrogen-bond acceptors (Lipinski definition) is 1. The minimum absolute atomic E-state index is 0.312. The Morgan fingerprint density at radius 1 is 1.47 bits per heavy atom. The van der Waals surface area contributed by atoms with Crippen molar-refractivity contribution in [3.63, 3.8) is 0 Å². The van der Waals surface area contributed by atoms with Crippen molar-refractivity contribution in [3.8, 4) is 0 Å². The fourth-order valence-electron chi connectivity index (χ4n) is 2.76. The smallest absolute Gasteiger partial charge is 0.0724 e. The molecule has 0 aromatic rings. The molecule has 0 fully saturated rings. The summed E-state index contributed by atoms with van der Waals surface area (Å²) in [5, 5.41) is 9.76. The highest BCUT2D eigenvalue weighted by molar-refractivity contribution is 5.20. The molecule has 0 saturated carbocycles. The van der Waals surface area contributed by atoms with Crippen LogP contribution in [0.4, 0.5) is 0 Å². The summed E-state index contributed by atoms with van der Waals surface area (Å²) in [6.45, 7) is 13.1. The van der Waals surface area contributed by atoms with E-state index in [2.05, 4.69) is 46.8 Å². The summed E-state index contributed by atoms with van der Waals surface area (Å²) in [6, 6.07) is 0. The molecule has 0 heterocycles. The van der Waals surface area contributed by atoms with Gasteiger partial charge in [-0.3, -0.25) is 0 Å². The predicted octanol–water partition coefficient (Wildman–Crippen LogP) is 4.33. The predicted molar refractivity (Wildman–Crippen MR) is 74.9 cm³/mol. The van der Waals surface area contributed by atoms with Crippen LogP contribution in [0.2, 0.25) is 0 Å². The molecular formula is C16H28O. The lowest BCUT2D eigenvalue weighted by Crippen LogP contribution is -2.20. The summed E-state index contributed by atoms with van der Waals surface area (Å²) in [5.74, 6) is 1.13. The fraction of sp³-hybridized carbons (Fsp3) is 0.750. The van der Waals surface area contributed by atoms with Crippen LogP contribution in [-0.4, -0.2) is 11.2 Å². The lowest BCUT2D eigenvalue weighted by Gasteiger charge is -2.29. The average Bonchev–Trinajstić information content (AvgIpc) is 2.43. The number of aliphatic hydroxyl groups excluding tert-OH is 1. The van der Waals surface area contributed by atoms with Gasteiger partial charge in [0.05, 0.1) is 6.10 Å². The first-order valence-corrected chi connectivity index (χ1v) is 6.82. The third-order valence-corrected chi connectivity index (χ3v) is 4.53. The average molecular weight is 236 g/mol. The summed E-state index contributed by atoms with van der Waals surface area (Å²) in [4.78, 5) is 0. The normalized spacial score (nSPS) is 26.2. The zero-order valence-corrected chi connectivity index (χ0v) is 12.2. The summed E-state index contributed by atoms with van der Waals surface area (Å²) in [6.07, 6.45) is 6.60. The van der Waals surface area contributed by atoms with E-state index in [1.54, 1.807) is 0 Å². The molecule has 1 aliphatic carbocycles. The SMILES string of the molecule is CC1=CC[C@@H](C/C=C(\C(C)C)C(C)O)C1(C)C. The highest BCUT2D eigenvalue weighted by Crippen LogP contribution is 2.45. The van der Waals surface area contributed by atoms with Gasteiger partial charge in [-0.1, -0.05) is 45.4 Å². The number of rotatable bonds is 4. The van der Waals surface area contributed by atoms with Gasteiger partial charge in [0.25, 0.3) is 0 Å². The van der Waals surface area contributed by atoms with Gasteiger partial charge in [-0.15, -0.1) is 0 Å². The van der Waals surface area contributed by atoms with Crippen molar-refractivity contribution in [2.24, 2.45) is 17.3 Å². The maximum atomic E-state index is 9.76. The Labute approximate surface area is 107 Å². The van der Waals surface area contributed by atoms with Crippen LogP contribution >= 0.6 is 0 Å². The number of hydrogen-bond donors (Lipinski definition) is 1. The Hall–Kier alpha value is -0.560. The van der Waals surface area contributed by atoms with Gasteiger partial charge in [-0.25, -0.2) is 0 Å². The molecule has 1 rings (SSSR count). The molecule has 0 aliphatic heterocycles. The molecule has 0 aromatic heterocycles. The number of allylic oxidation sites excluding steroid dienone is 3. The Bertz CT molecular complexity index is 308. The summed E-state index contributed by atoms with van der Waals surface area (Å²) in [7, 11) is 0. The second kappa shape index (κ2) is 5.39. The van der Waals surface area contributed by atoms with Crippen LogP contribution in [0.5, 0.6) is 0 Å². The van der Waals surface area contributed by atoms with Crippen LogP contribution in [0, 0.1) is 17.3 Å². The van der Waals surface area contributed by atoms with Gasteiger partial charge in [-0.2, -0.15) is 0 Å². The molecule has 0 amide bonds. The molecule has 2 atom stereocenters. The first-order valence-electron chi connectivity index (χ1n) is 6.82. The minimum atomic E-state index is -0.312. The molecule has 0 saturated heterocycles. The van der Waals surface area contributed by atoms with Gasteiger partial charge in [0, 0.05) is 0 Å². The zero-order chi connectivity index (χ0) is 13.2. The first-order chi connectivity index (χ1) is 7.76. The van der Waals surface area contributed by atoms with Gasteiger partial charge in [0.15, 0.2) is 0 Å². The van der Waals surface area contributed by atoms with Crippen molar-refractivity contribution in [1.82, 2.24) is 0 Å². The lowest BCUT2D eigenvalue weighted by atomic mass is 9.75. The van der Waals surface area contributed by atoms with Gasteiger partial charge in [0.1, 0.15) is 0 Å². The molecular weight excluding hydrogens is 208 g/mol. The van der Waals surface area contributed by atoms with E-state index in [4.69, 9.17) is 0 Å². The monoisotopic (exact) mass is 236 g/mol. The van der Waals surface area contributed by atoms with Crippen LogP contribution in [0.15, 0.2) is 23.3 Å². The minimum Gasteiger partial charge on any atom is -0.389 e. The van der Waals surface area contributed by atoms with Gasteiger partial charge >= 0.3 is 0 Å². The van der Waals surface area contributed by atoms with Gasteiger partial charge in [-0.05, 0) is 49.5 Å². The molecule has 17 heavy (non-hydrogen) atoms. The Morgan fingerprint density at radius 2 is 2.06 bits per heavy atom. The third-order valence-electron chi connectivity index (χ3n) is 4.53. The van der Waals surface area contributed by atoms with Crippen molar-refractivity contribution in [1.29, 1.82) is 0 Å². The molecule has 1 nitrogen and oxygen atoms in total. The molecule has 0 bridgehead atoms. The van der Waals surface area contributed by atoms with Crippen molar-refractivity contribution in [2.45, 2.75) is 60.5 Å². The standard InChI is InChI=1S/C16H28O/c1-11(2)15(13(4)17)10-9-14-8-7-12(3)16(14,5)6/h7,10-11,13-14,17H,8-9H2,1-6H3/b15-10+/t13?,14-/m0/s1. The van der Waals surface area contributed by atoms with E-state index >= 15 is 0 Å². The lowest BCUT2D eigenvalue weighted by molar-refractivity contribution is 0.218. The summed E-state index contributed by atoms with van der Waals surface area (Å²) in [5.41, 5.74) is 3.02. The summed E-state index contributed by atoms with van der Waals surface area (Å²) < 4.78 is 0. The van der Waals surface area contributed by atoms with Crippen molar-refractivity contribution < 1.29 is 5.11 Å². The van der Waals surface area contributed by atoms with Crippen LogP contribution in [-0.2, 0) is 0 Å². The Balaban J connectivity index is 2.71. The molecule has 1 N–H and O–H groups in total. The maximum Gasteiger partial charge on any atom is 0.0724 e. The van der Waals surface area contributed by atoms with Crippen LogP contribution in [0.25, 0.3) is 0 Å². The van der Waals surface area contributed by atoms with Crippen LogP contribution in [0.1, 0.15) is 54.4 Å². The topological polar surface area (TPSA) is 20.2 Å². The molecule has 0 aromatic carbocycles. The van der Waals surface area contributed by atoms with E-state index in [1.165, 1.54) is 17.6 Å². The van der Waals surface area contributed by atoms with Gasteiger partial charge < -0.3 is 5.11 Å².